The number of rotatable bonds is 5. The predicted molar refractivity (Wildman–Crippen MR) is 64.0 cm³/mol. The number of ether oxygens (including phenoxy) is 2. The summed E-state index contributed by atoms with van der Waals surface area (Å²) in [7, 11) is 0. The summed E-state index contributed by atoms with van der Waals surface area (Å²) in [5.74, 6) is -1.14. The van der Waals surface area contributed by atoms with Crippen molar-refractivity contribution >= 4 is 11.9 Å². The maximum atomic E-state index is 11.4. The molecule has 0 bridgehead atoms. The summed E-state index contributed by atoms with van der Waals surface area (Å²) in [5, 5.41) is 9.66. The zero-order chi connectivity index (χ0) is 13.5. The van der Waals surface area contributed by atoms with Crippen LogP contribution < -0.4 is 0 Å². The van der Waals surface area contributed by atoms with Crippen molar-refractivity contribution in [2.45, 2.75) is 20.0 Å². The van der Waals surface area contributed by atoms with Crippen LogP contribution in [0.5, 0.6) is 0 Å². The van der Waals surface area contributed by atoms with Crippen molar-refractivity contribution in [2.75, 3.05) is 13.2 Å². The summed E-state index contributed by atoms with van der Waals surface area (Å²) in [6, 6.07) is 5.98. The molecule has 18 heavy (non-hydrogen) atoms. The fraction of sp³-hybridized carbons (Fsp3) is 0.385. The summed E-state index contributed by atoms with van der Waals surface area (Å²) < 4.78 is 9.51. The number of hydrogen-bond donors (Lipinski definition) is 1. The molecule has 0 saturated heterocycles. The first-order valence-corrected chi connectivity index (χ1v) is 5.71. The van der Waals surface area contributed by atoms with Gasteiger partial charge in [-0.25, -0.2) is 9.59 Å². The van der Waals surface area contributed by atoms with Crippen LogP contribution in [0.1, 0.15) is 35.9 Å². The van der Waals surface area contributed by atoms with E-state index < -0.39 is 18.0 Å². The Morgan fingerprint density at radius 1 is 1.11 bits per heavy atom. The third-order valence-corrected chi connectivity index (χ3v) is 2.25. The van der Waals surface area contributed by atoms with Crippen LogP contribution in [0.15, 0.2) is 24.3 Å². The van der Waals surface area contributed by atoms with Crippen LogP contribution in [0.2, 0.25) is 0 Å². The van der Waals surface area contributed by atoms with Crippen molar-refractivity contribution in [3.05, 3.63) is 35.4 Å². The highest BCUT2D eigenvalue weighted by Gasteiger charge is 2.18. The highest BCUT2D eigenvalue weighted by molar-refractivity contribution is 5.89. The average Bonchev–Trinajstić information content (AvgIpc) is 2.38. The zero-order valence-corrected chi connectivity index (χ0v) is 10.4. The van der Waals surface area contributed by atoms with Crippen molar-refractivity contribution in [1.29, 1.82) is 0 Å². The first-order chi connectivity index (χ1) is 8.60. The van der Waals surface area contributed by atoms with Crippen LogP contribution in [0, 0.1) is 0 Å². The zero-order valence-electron chi connectivity index (χ0n) is 10.4. The highest BCUT2D eigenvalue weighted by atomic mass is 16.5. The van der Waals surface area contributed by atoms with E-state index in [-0.39, 0.29) is 6.61 Å². The molecule has 1 aromatic rings. The Kier molecular flexibility index (Phi) is 5.32. The molecule has 5 heteroatoms. The van der Waals surface area contributed by atoms with E-state index in [2.05, 4.69) is 0 Å². The lowest BCUT2D eigenvalue weighted by Gasteiger charge is -2.10. The first-order valence-electron chi connectivity index (χ1n) is 5.71. The largest absolute Gasteiger partial charge is 0.464 e. The third-order valence-electron chi connectivity index (χ3n) is 2.25. The van der Waals surface area contributed by atoms with Gasteiger partial charge < -0.3 is 14.6 Å². The molecule has 0 radical (unpaired) electrons. The smallest absolute Gasteiger partial charge is 0.339 e. The molecule has 0 fully saturated rings. The van der Waals surface area contributed by atoms with E-state index >= 15 is 0 Å². The number of hydrogen-bond acceptors (Lipinski definition) is 5. The second kappa shape index (κ2) is 6.76. The standard InChI is InChI=1S/C13H16O5/c1-3-17-12(15)10-7-5-9(6-8-10)11(14)13(16)18-4-2/h5-8,11,14H,3-4H2,1-2H3/t11-/m1/s1. The Labute approximate surface area is 105 Å². The van der Waals surface area contributed by atoms with E-state index in [1.807, 2.05) is 0 Å². The molecule has 0 heterocycles. The number of aliphatic hydroxyl groups excluding tert-OH is 1. The van der Waals surface area contributed by atoms with Gasteiger partial charge in [-0.15, -0.1) is 0 Å². The van der Waals surface area contributed by atoms with Crippen LogP contribution in [0.3, 0.4) is 0 Å². The van der Waals surface area contributed by atoms with Gasteiger partial charge in [-0.2, -0.15) is 0 Å². The van der Waals surface area contributed by atoms with Gasteiger partial charge in [0, 0.05) is 0 Å². The van der Waals surface area contributed by atoms with Gasteiger partial charge >= 0.3 is 11.9 Å². The Morgan fingerprint density at radius 3 is 2.17 bits per heavy atom. The van der Waals surface area contributed by atoms with Crippen molar-refractivity contribution in [3.8, 4) is 0 Å². The lowest BCUT2D eigenvalue weighted by atomic mass is 10.1. The number of carbonyl (C=O) groups excluding carboxylic acids is 2. The molecule has 1 atom stereocenters. The molecule has 0 amide bonds. The first kappa shape index (κ1) is 14.2. The SMILES string of the molecule is CCOC(=O)c1ccc([C@@H](O)C(=O)OCC)cc1. The Bertz CT molecular complexity index is 410. The van der Waals surface area contributed by atoms with Gasteiger partial charge in [-0.1, -0.05) is 12.1 Å². The average molecular weight is 252 g/mol. The van der Waals surface area contributed by atoms with Crippen LogP contribution in [-0.4, -0.2) is 30.3 Å². The quantitative estimate of drug-likeness (QED) is 0.803. The van der Waals surface area contributed by atoms with Crippen LogP contribution in [0.25, 0.3) is 0 Å². The number of aliphatic hydroxyl groups is 1. The van der Waals surface area contributed by atoms with Crippen molar-refractivity contribution in [3.63, 3.8) is 0 Å². The molecular formula is C13H16O5. The normalized spacial score (nSPS) is 11.7. The van der Waals surface area contributed by atoms with E-state index in [0.717, 1.165) is 0 Å². The van der Waals surface area contributed by atoms with Gasteiger partial charge in [0.1, 0.15) is 0 Å². The summed E-state index contributed by atoms with van der Waals surface area (Å²) in [6.07, 6.45) is -1.33. The molecule has 0 unspecified atom stereocenters. The van der Waals surface area contributed by atoms with Crippen LogP contribution >= 0.6 is 0 Å². The topological polar surface area (TPSA) is 72.8 Å². The molecule has 0 aliphatic heterocycles. The Balaban J connectivity index is 2.76. The molecule has 98 valence electrons. The third kappa shape index (κ3) is 3.56. The maximum Gasteiger partial charge on any atom is 0.339 e. The molecule has 0 aliphatic rings. The monoisotopic (exact) mass is 252 g/mol. The molecule has 1 rings (SSSR count). The highest BCUT2D eigenvalue weighted by Crippen LogP contribution is 2.15. The lowest BCUT2D eigenvalue weighted by Crippen LogP contribution is -2.15. The second-order valence-electron chi connectivity index (χ2n) is 3.50. The fourth-order valence-electron chi connectivity index (χ4n) is 1.37. The number of carbonyl (C=O) groups is 2. The van der Waals surface area contributed by atoms with E-state index in [1.165, 1.54) is 24.3 Å². The molecular weight excluding hydrogens is 236 g/mol. The van der Waals surface area contributed by atoms with Gasteiger partial charge in [0.05, 0.1) is 18.8 Å². The second-order valence-corrected chi connectivity index (χ2v) is 3.50. The van der Waals surface area contributed by atoms with E-state index in [1.54, 1.807) is 13.8 Å². The van der Waals surface area contributed by atoms with Crippen LogP contribution in [0.4, 0.5) is 0 Å². The van der Waals surface area contributed by atoms with Gasteiger partial charge in [0.25, 0.3) is 0 Å². The molecule has 0 spiro atoms. The summed E-state index contributed by atoms with van der Waals surface area (Å²) in [6.45, 7) is 3.88. The van der Waals surface area contributed by atoms with E-state index in [9.17, 15) is 14.7 Å². The maximum absolute atomic E-state index is 11.4. The minimum atomic E-state index is -1.33. The van der Waals surface area contributed by atoms with Gasteiger partial charge in [-0.3, -0.25) is 0 Å². The number of esters is 2. The minimum absolute atomic E-state index is 0.205. The molecule has 5 nitrogen and oxygen atoms in total. The van der Waals surface area contributed by atoms with Crippen molar-refractivity contribution in [1.82, 2.24) is 0 Å². The van der Waals surface area contributed by atoms with Gasteiger partial charge in [0.15, 0.2) is 6.10 Å². The molecule has 1 aromatic carbocycles. The van der Waals surface area contributed by atoms with Gasteiger partial charge in [0.2, 0.25) is 0 Å². The Morgan fingerprint density at radius 2 is 1.67 bits per heavy atom. The summed E-state index contributed by atoms with van der Waals surface area (Å²) >= 11 is 0. The molecule has 1 N–H and O–H groups in total. The van der Waals surface area contributed by atoms with E-state index in [4.69, 9.17) is 9.47 Å². The van der Waals surface area contributed by atoms with Crippen molar-refractivity contribution < 1.29 is 24.2 Å². The summed E-state index contributed by atoms with van der Waals surface area (Å²) in [4.78, 5) is 22.7. The summed E-state index contributed by atoms with van der Waals surface area (Å²) in [5.41, 5.74) is 0.748. The Hall–Kier alpha value is -1.88. The van der Waals surface area contributed by atoms with Crippen molar-refractivity contribution in [2.24, 2.45) is 0 Å². The fourth-order valence-corrected chi connectivity index (χ4v) is 1.37. The molecule has 0 saturated carbocycles. The van der Waals surface area contributed by atoms with Crippen LogP contribution in [-0.2, 0) is 14.3 Å². The molecule has 0 aromatic heterocycles. The van der Waals surface area contributed by atoms with Gasteiger partial charge in [-0.05, 0) is 31.5 Å². The number of benzene rings is 1. The van der Waals surface area contributed by atoms with E-state index in [0.29, 0.717) is 17.7 Å². The lowest BCUT2D eigenvalue weighted by molar-refractivity contribution is -0.153. The molecule has 0 aliphatic carbocycles. The predicted octanol–water partition coefficient (Wildman–Crippen LogP) is 1.46. The minimum Gasteiger partial charge on any atom is -0.464 e.